The normalized spacial score (nSPS) is 15.2. The Hall–Kier alpha value is -4.01. The number of nitrogens with one attached hydrogen (secondary N) is 1. The van der Waals surface area contributed by atoms with Gasteiger partial charge < -0.3 is 19.7 Å². The summed E-state index contributed by atoms with van der Waals surface area (Å²) in [7, 11) is 0. The van der Waals surface area contributed by atoms with Crippen LogP contribution in [0.3, 0.4) is 0 Å². The van der Waals surface area contributed by atoms with Crippen molar-refractivity contribution in [2.45, 2.75) is 33.3 Å². The molecule has 178 valence electrons. The Morgan fingerprint density at radius 2 is 1.76 bits per heavy atom. The molecule has 0 radical (unpaired) electrons. The Labute approximate surface area is 197 Å². The summed E-state index contributed by atoms with van der Waals surface area (Å²) in [6.07, 6.45) is -0.287. The second kappa shape index (κ2) is 10.7. The lowest BCUT2D eigenvalue weighted by atomic mass is 10.1. The summed E-state index contributed by atoms with van der Waals surface area (Å²) in [5.74, 6) is -2.78. The zero-order valence-corrected chi connectivity index (χ0v) is 19.2. The minimum absolute atomic E-state index is 0.0434. The fourth-order valence-corrected chi connectivity index (χ4v) is 3.44. The van der Waals surface area contributed by atoms with Crippen molar-refractivity contribution in [2.24, 2.45) is 5.92 Å². The summed E-state index contributed by atoms with van der Waals surface area (Å²) in [5.41, 5.74) is 1.77. The van der Waals surface area contributed by atoms with E-state index in [9.17, 15) is 24.0 Å². The van der Waals surface area contributed by atoms with E-state index in [-0.39, 0.29) is 30.8 Å². The lowest BCUT2D eigenvalue weighted by Crippen LogP contribution is -2.28. The average molecular weight is 466 g/mol. The Bertz CT molecular complexity index is 1110. The highest BCUT2D eigenvalue weighted by Crippen LogP contribution is 2.26. The smallest absolute Gasteiger partial charge is 0.338 e. The van der Waals surface area contributed by atoms with E-state index in [0.29, 0.717) is 22.5 Å². The molecular formula is C25H26N2O7. The van der Waals surface area contributed by atoms with Crippen molar-refractivity contribution in [2.75, 3.05) is 23.4 Å². The summed E-state index contributed by atoms with van der Waals surface area (Å²) in [4.78, 5) is 61.9. The predicted octanol–water partition coefficient (Wildman–Crippen LogP) is 2.99. The van der Waals surface area contributed by atoms with Crippen LogP contribution in [0.4, 0.5) is 11.4 Å². The molecule has 0 unspecified atom stereocenters. The minimum Gasteiger partial charge on any atom is -0.459 e. The van der Waals surface area contributed by atoms with E-state index >= 15 is 0 Å². The minimum atomic E-state index is -0.716. The Kier molecular flexibility index (Phi) is 7.78. The van der Waals surface area contributed by atoms with E-state index in [4.69, 9.17) is 9.47 Å². The van der Waals surface area contributed by atoms with E-state index in [2.05, 4.69) is 5.32 Å². The molecule has 1 atom stereocenters. The van der Waals surface area contributed by atoms with Crippen molar-refractivity contribution in [1.29, 1.82) is 0 Å². The van der Waals surface area contributed by atoms with E-state index in [1.807, 2.05) is 0 Å². The molecule has 0 aromatic heterocycles. The number of nitrogens with zero attached hydrogens (tertiary/aromatic N) is 1. The van der Waals surface area contributed by atoms with Crippen LogP contribution in [-0.2, 0) is 23.9 Å². The second-order valence-electron chi connectivity index (χ2n) is 8.20. The largest absolute Gasteiger partial charge is 0.459 e. The first-order valence-corrected chi connectivity index (χ1v) is 10.8. The number of anilines is 2. The molecule has 9 heteroatoms. The predicted molar refractivity (Wildman–Crippen MR) is 123 cm³/mol. The number of carbonyl (C=O) groups excluding carboxylic acids is 5. The molecule has 2 aromatic rings. The molecular weight excluding hydrogens is 440 g/mol. The fourth-order valence-electron chi connectivity index (χ4n) is 3.44. The lowest BCUT2D eigenvalue weighted by Gasteiger charge is -2.17. The van der Waals surface area contributed by atoms with Gasteiger partial charge in [-0.2, -0.15) is 0 Å². The first-order chi connectivity index (χ1) is 16.1. The van der Waals surface area contributed by atoms with Crippen LogP contribution in [0.1, 0.15) is 47.9 Å². The zero-order chi connectivity index (χ0) is 24.8. The Morgan fingerprint density at radius 3 is 2.41 bits per heavy atom. The monoisotopic (exact) mass is 466 g/mol. The van der Waals surface area contributed by atoms with Gasteiger partial charge in [-0.05, 0) is 57.2 Å². The highest BCUT2D eigenvalue weighted by atomic mass is 16.5. The second-order valence-corrected chi connectivity index (χ2v) is 8.20. The molecule has 2 aromatic carbocycles. The summed E-state index contributed by atoms with van der Waals surface area (Å²) in [6, 6.07) is 12.8. The molecule has 1 heterocycles. The number of esters is 2. The summed E-state index contributed by atoms with van der Waals surface area (Å²) >= 11 is 0. The van der Waals surface area contributed by atoms with Crippen molar-refractivity contribution in [3.63, 3.8) is 0 Å². The molecule has 2 amide bonds. The van der Waals surface area contributed by atoms with Crippen molar-refractivity contribution in [3.8, 4) is 0 Å². The van der Waals surface area contributed by atoms with Gasteiger partial charge in [-0.15, -0.1) is 0 Å². The summed E-state index contributed by atoms with van der Waals surface area (Å²) < 4.78 is 10.2. The number of carbonyl (C=O) groups is 5. The van der Waals surface area contributed by atoms with Crippen LogP contribution in [0.5, 0.6) is 0 Å². The van der Waals surface area contributed by atoms with Gasteiger partial charge >= 0.3 is 11.9 Å². The maximum absolute atomic E-state index is 12.4. The Balaban J connectivity index is 1.52. The van der Waals surface area contributed by atoms with Crippen molar-refractivity contribution < 1.29 is 33.4 Å². The first-order valence-electron chi connectivity index (χ1n) is 10.8. The van der Waals surface area contributed by atoms with Crippen LogP contribution in [0.25, 0.3) is 0 Å². The Morgan fingerprint density at radius 1 is 1.06 bits per heavy atom. The third kappa shape index (κ3) is 6.28. The highest BCUT2D eigenvalue weighted by molar-refractivity contribution is 6.01. The summed E-state index contributed by atoms with van der Waals surface area (Å²) in [5, 5.41) is 2.57. The van der Waals surface area contributed by atoms with Gasteiger partial charge in [0.15, 0.2) is 12.4 Å². The molecule has 0 saturated carbocycles. The number of rotatable bonds is 8. The number of ether oxygens (including phenoxy) is 2. The number of Topliss-reactive ketones (excluding diaryl/α,β-unsaturated/α-hetero) is 1. The van der Waals surface area contributed by atoms with Gasteiger partial charge in [-0.1, -0.05) is 12.1 Å². The van der Waals surface area contributed by atoms with Gasteiger partial charge in [0.25, 0.3) is 5.91 Å². The van der Waals surface area contributed by atoms with Crippen LogP contribution in [0, 0.1) is 5.92 Å². The molecule has 9 nitrogen and oxygen atoms in total. The molecule has 3 rings (SSSR count). The third-order valence-electron chi connectivity index (χ3n) is 5.11. The van der Waals surface area contributed by atoms with Crippen LogP contribution in [-0.4, -0.2) is 48.8 Å². The van der Waals surface area contributed by atoms with E-state index < -0.39 is 30.4 Å². The number of benzene rings is 2. The topological polar surface area (TPSA) is 119 Å². The van der Waals surface area contributed by atoms with Gasteiger partial charge in [0.1, 0.15) is 0 Å². The van der Waals surface area contributed by atoms with E-state index in [0.717, 1.165) is 0 Å². The number of hydrogen-bond donors (Lipinski definition) is 1. The average Bonchev–Trinajstić information content (AvgIpc) is 3.19. The van der Waals surface area contributed by atoms with Gasteiger partial charge in [-0.25, -0.2) is 4.79 Å². The molecule has 0 bridgehead atoms. The van der Waals surface area contributed by atoms with Crippen LogP contribution in [0.15, 0.2) is 48.5 Å². The molecule has 1 saturated heterocycles. The van der Waals surface area contributed by atoms with E-state index in [1.165, 1.54) is 17.9 Å². The van der Waals surface area contributed by atoms with Crippen LogP contribution in [0.2, 0.25) is 0 Å². The molecule has 0 aliphatic carbocycles. The summed E-state index contributed by atoms with van der Waals surface area (Å²) in [6.45, 7) is 4.52. The highest BCUT2D eigenvalue weighted by Gasteiger charge is 2.36. The number of ketones is 1. The zero-order valence-electron chi connectivity index (χ0n) is 19.2. The standard InChI is InChI=1S/C25H26N2O7/c1-15(2)34-25(32)17-7-9-21(10-8-17)27-13-19(12-23(27)30)24(31)33-14-22(29)26-20-6-4-5-18(11-20)16(3)28/h4-11,15,19H,12-14H2,1-3H3,(H,26,29)/t19-/m1/s1. The number of hydrogen-bond acceptors (Lipinski definition) is 7. The molecule has 1 fully saturated rings. The van der Waals surface area contributed by atoms with Gasteiger partial charge in [0.2, 0.25) is 5.91 Å². The lowest BCUT2D eigenvalue weighted by molar-refractivity contribution is -0.151. The molecule has 1 N–H and O–H groups in total. The molecule has 1 aliphatic rings. The maximum Gasteiger partial charge on any atom is 0.338 e. The van der Waals surface area contributed by atoms with Gasteiger partial charge in [-0.3, -0.25) is 19.2 Å². The maximum atomic E-state index is 12.4. The van der Waals surface area contributed by atoms with Crippen molar-refractivity contribution in [3.05, 3.63) is 59.7 Å². The van der Waals surface area contributed by atoms with Gasteiger partial charge in [0.05, 0.1) is 17.6 Å². The quantitative estimate of drug-likeness (QED) is 0.469. The van der Waals surface area contributed by atoms with Crippen molar-refractivity contribution in [1.82, 2.24) is 0 Å². The first kappa shape index (κ1) is 24.6. The van der Waals surface area contributed by atoms with E-state index in [1.54, 1.807) is 56.3 Å². The van der Waals surface area contributed by atoms with Crippen molar-refractivity contribution >= 4 is 40.9 Å². The fraction of sp³-hybridized carbons (Fsp3) is 0.320. The SMILES string of the molecule is CC(=O)c1cccc(NC(=O)COC(=O)[C@@H]2CC(=O)N(c3ccc(C(=O)OC(C)C)cc3)C2)c1. The van der Waals surface area contributed by atoms with Crippen LogP contribution >= 0.6 is 0 Å². The van der Waals surface area contributed by atoms with Gasteiger partial charge in [0, 0.05) is 29.9 Å². The van der Waals surface area contributed by atoms with Crippen LogP contribution < -0.4 is 10.2 Å². The molecule has 34 heavy (non-hydrogen) atoms. The number of amides is 2. The molecule has 1 aliphatic heterocycles. The molecule has 0 spiro atoms. The third-order valence-corrected chi connectivity index (χ3v) is 5.11.